The number of amides is 1. The molecule has 0 saturated heterocycles. The standard InChI is InChI=1S/C25H27ClN2O3S2/c1-20-12-14-23(15-13-20)33(30,31)28(22-9-3-2-4-10-22)18-25(29)27-16-7-17-32-19-21-8-5-6-11-24(21)26/h2-6,8-15H,7,16-19H2,1H3,(H,27,29). The molecular weight excluding hydrogens is 476 g/mol. The number of para-hydroxylation sites is 1. The van der Waals surface area contributed by atoms with E-state index in [4.69, 9.17) is 11.6 Å². The van der Waals surface area contributed by atoms with Crippen LogP contribution in [0.3, 0.4) is 0 Å². The second kappa shape index (κ2) is 12.1. The molecule has 174 valence electrons. The number of rotatable bonds is 11. The van der Waals surface area contributed by atoms with Gasteiger partial charge in [-0.1, -0.05) is 65.7 Å². The lowest BCUT2D eigenvalue weighted by molar-refractivity contribution is -0.119. The van der Waals surface area contributed by atoms with Gasteiger partial charge < -0.3 is 5.32 Å². The average Bonchev–Trinajstić information content (AvgIpc) is 2.81. The molecule has 0 spiro atoms. The Bertz CT molecular complexity index is 1150. The smallest absolute Gasteiger partial charge is 0.264 e. The topological polar surface area (TPSA) is 66.5 Å². The van der Waals surface area contributed by atoms with E-state index >= 15 is 0 Å². The van der Waals surface area contributed by atoms with Crippen LogP contribution in [0.2, 0.25) is 5.02 Å². The van der Waals surface area contributed by atoms with E-state index in [1.165, 1.54) is 0 Å². The number of hydrogen-bond acceptors (Lipinski definition) is 4. The maximum Gasteiger partial charge on any atom is 0.264 e. The van der Waals surface area contributed by atoms with E-state index in [1.54, 1.807) is 66.4 Å². The number of carbonyl (C=O) groups is 1. The van der Waals surface area contributed by atoms with Crippen LogP contribution >= 0.6 is 23.4 Å². The normalized spacial score (nSPS) is 11.2. The van der Waals surface area contributed by atoms with Crippen molar-refractivity contribution in [2.75, 3.05) is 23.1 Å². The Labute approximate surface area is 205 Å². The molecule has 0 aliphatic carbocycles. The molecule has 0 saturated carbocycles. The SMILES string of the molecule is Cc1ccc(S(=O)(=O)N(CC(=O)NCCCSCc2ccccc2Cl)c2ccccc2)cc1. The fourth-order valence-corrected chi connectivity index (χ4v) is 5.80. The predicted molar refractivity (Wildman–Crippen MR) is 137 cm³/mol. The molecule has 1 amide bonds. The Kier molecular flexibility index (Phi) is 9.23. The number of halogens is 1. The molecule has 1 N–H and O–H groups in total. The van der Waals surface area contributed by atoms with Gasteiger partial charge in [0.15, 0.2) is 0 Å². The zero-order valence-corrected chi connectivity index (χ0v) is 20.8. The highest BCUT2D eigenvalue weighted by molar-refractivity contribution is 7.98. The molecule has 5 nitrogen and oxygen atoms in total. The summed E-state index contributed by atoms with van der Waals surface area (Å²) in [6, 6.07) is 23.0. The molecule has 0 aliphatic rings. The van der Waals surface area contributed by atoms with Crippen LogP contribution in [-0.4, -0.2) is 33.2 Å². The second-order valence-corrected chi connectivity index (χ2v) is 10.9. The van der Waals surface area contributed by atoms with Crippen molar-refractivity contribution in [1.29, 1.82) is 0 Å². The summed E-state index contributed by atoms with van der Waals surface area (Å²) < 4.78 is 27.7. The zero-order chi connectivity index (χ0) is 23.7. The minimum atomic E-state index is -3.88. The Balaban J connectivity index is 1.56. The summed E-state index contributed by atoms with van der Waals surface area (Å²) in [7, 11) is -3.88. The Morgan fingerprint density at radius 3 is 2.33 bits per heavy atom. The van der Waals surface area contributed by atoms with Gasteiger partial charge in [0.05, 0.1) is 10.6 Å². The Hall–Kier alpha value is -2.48. The minimum absolute atomic E-state index is 0.153. The van der Waals surface area contributed by atoms with Crippen LogP contribution in [0.1, 0.15) is 17.5 Å². The molecule has 0 atom stereocenters. The van der Waals surface area contributed by atoms with Crippen LogP contribution < -0.4 is 9.62 Å². The summed E-state index contributed by atoms with van der Waals surface area (Å²) in [5.41, 5.74) is 2.50. The largest absolute Gasteiger partial charge is 0.354 e. The summed E-state index contributed by atoms with van der Waals surface area (Å²) in [5, 5.41) is 3.60. The van der Waals surface area contributed by atoms with E-state index in [-0.39, 0.29) is 17.3 Å². The second-order valence-electron chi connectivity index (χ2n) is 7.51. The summed E-state index contributed by atoms with van der Waals surface area (Å²) in [4.78, 5) is 12.8. The van der Waals surface area contributed by atoms with Crippen LogP contribution in [0.5, 0.6) is 0 Å². The molecule has 0 unspecified atom stereocenters. The van der Waals surface area contributed by atoms with Crippen LogP contribution in [0.25, 0.3) is 0 Å². The minimum Gasteiger partial charge on any atom is -0.354 e. The van der Waals surface area contributed by atoms with Gasteiger partial charge in [0.2, 0.25) is 5.91 Å². The number of carbonyl (C=O) groups excluding carboxylic acids is 1. The fourth-order valence-electron chi connectivity index (χ4n) is 3.13. The van der Waals surface area contributed by atoms with Crippen molar-refractivity contribution >= 4 is 45.0 Å². The third-order valence-electron chi connectivity index (χ3n) is 4.94. The van der Waals surface area contributed by atoms with E-state index in [2.05, 4.69) is 5.32 Å². The maximum atomic E-state index is 13.3. The van der Waals surface area contributed by atoms with Gasteiger partial charge in [0.25, 0.3) is 10.0 Å². The van der Waals surface area contributed by atoms with Crippen molar-refractivity contribution in [2.45, 2.75) is 24.0 Å². The van der Waals surface area contributed by atoms with Crippen molar-refractivity contribution < 1.29 is 13.2 Å². The molecule has 0 bridgehead atoms. The molecule has 0 aliphatic heterocycles. The quantitative estimate of drug-likeness (QED) is 0.362. The molecule has 3 rings (SSSR count). The average molecular weight is 503 g/mol. The third kappa shape index (κ3) is 7.25. The third-order valence-corrected chi connectivity index (χ3v) is 8.19. The molecule has 0 radical (unpaired) electrons. The lowest BCUT2D eigenvalue weighted by Crippen LogP contribution is -2.41. The maximum absolute atomic E-state index is 13.3. The van der Waals surface area contributed by atoms with Crippen molar-refractivity contribution in [2.24, 2.45) is 0 Å². The first kappa shape index (κ1) is 25.1. The van der Waals surface area contributed by atoms with Crippen molar-refractivity contribution in [3.05, 3.63) is 95.0 Å². The summed E-state index contributed by atoms with van der Waals surface area (Å²) in [6.45, 7) is 2.08. The van der Waals surface area contributed by atoms with Gasteiger partial charge in [-0.05, 0) is 55.0 Å². The molecule has 8 heteroatoms. The number of aryl methyl sites for hydroxylation is 1. The first-order chi connectivity index (χ1) is 15.9. The van der Waals surface area contributed by atoms with Gasteiger partial charge in [-0.25, -0.2) is 8.42 Å². The van der Waals surface area contributed by atoms with E-state index in [0.717, 1.165) is 38.4 Å². The number of hydrogen-bond donors (Lipinski definition) is 1. The van der Waals surface area contributed by atoms with Gasteiger partial charge in [-0.15, -0.1) is 0 Å². The molecule has 0 fully saturated rings. The highest BCUT2D eigenvalue weighted by Gasteiger charge is 2.26. The van der Waals surface area contributed by atoms with Crippen LogP contribution in [0.15, 0.2) is 83.8 Å². The first-order valence-corrected chi connectivity index (χ1v) is 13.6. The molecule has 33 heavy (non-hydrogen) atoms. The lowest BCUT2D eigenvalue weighted by Gasteiger charge is -2.24. The highest BCUT2D eigenvalue weighted by atomic mass is 35.5. The van der Waals surface area contributed by atoms with Gasteiger partial charge in [-0.2, -0.15) is 11.8 Å². The number of anilines is 1. The molecular formula is C25H27ClN2O3S2. The van der Waals surface area contributed by atoms with Crippen LogP contribution in [-0.2, 0) is 20.6 Å². The number of sulfonamides is 1. The summed E-state index contributed by atoms with van der Waals surface area (Å²) in [5.74, 6) is 1.32. The molecule has 3 aromatic rings. The van der Waals surface area contributed by atoms with Crippen LogP contribution in [0.4, 0.5) is 5.69 Å². The van der Waals surface area contributed by atoms with Gasteiger partial charge in [-0.3, -0.25) is 9.10 Å². The Morgan fingerprint density at radius 2 is 1.64 bits per heavy atom. The van der Waals surface area contributed by atoms with Gasteiger partial charge >= 0.3 is 0 Å². The van der Waals surface area contributed by atoms with E-state index in [0.29, 0.717) is 12.2 Å². The number of thioether (sulfide) groups is 1. The molecule has 0 aromatic heterocycles. The Morgan fingerprint density at radius 1 is 0.970 bits per heavy atom. The monoisotopic (exact) mass is 502 g/mol. The molecule has 0 heterocycles. The van der Waals surface area contributed by atoms with E-state index in [1.807, 2.05) is 31.2 Å². The lowest BCUT2D eigenvalue weighted by atomic mass is 10.2. The van der Waals surface area contributed by atoms with Gasteiger partial charge in [0, 0.05) is 17.3 Å². The summed E-state index contributed by atoms with van der Waals surface area (Å²) >= 11 is 7.91. The first-order valence-electron chi connectivity index (χ1n) is 10.6. The molecule has 3 aromatic carbocycles. The van der Waals surface area contributed by atoms with Crippen molar-refractivity contribution in [3.63, 3.8) is 0 Å². The van der Waals surface area contributed by atoms with Crippen molar-refractivity contribution in [3.8, 4) is 0 Å². The number of nitrogens with one attached hydrogen (secondary N) is 1. The number of benzene rings is 3. The van der Waals surface area contributed by atoms with E-state index < -0.39 is 10.0 Å². The number of nitrogens with zero attached hydrogens (tertiary/aromatic N) is 1. The van der Waals surface area contributed by atoms with Gasteiger partial charge in [0.1, 0.15) is 6.54 Å². The highest BCUT2D eigenvalue weighted by Crippen LogP contribution is 2.24. The van der Waals surface area contributed by atoms with Crippen LogP contribution in [0, 0.1) is 6.92 Å². The fraction of sp³-hybridized carbons (Fsp3) is 0.240. The summed E-state index contributed by atoms with van der Waals surface area (Å²) in [6.07, 6.45) is 0.775. The zero-order valence-electron chi connectivity index (χ0n) is 18.4. The van der Waals surface area contributed by atoms with Crippen molar-refractivity contribution in [1.82, 2.24) is 5.32 Å². The van der Waals surface area contributed by atoms with E-state index in [9.17, 15) is 13.2 Å². The predicted octanol–water partition coefficient (Wildman–Crippen LogP) is 5.28.